The maximum Gasteiger partial charge on any atom is 0.307 e. The highest BCUT2D eigenvalue weighted by Gasteiger charge is 2.28. The van der Waals surface area contributed by atoms with E-state index in [2.05, 4.69) is 0 Å². The first-order valence-corrected chi connectivity index (χ1v) is 8.29. The first-order chi connectivity index (χ1) is 9.86. The second kappa shape index (κ2) is 6.03. The molecule has 1 unspecified atom stereocenters. The summed E-state index contributed by atoms with van der Waals surface area (Å²) in [5.74, 6) is -1.04. The Labute approximate surface area is 124 Å². The summed E-state index contributed by atoms with van der Waals surface area (Å²) >= 11 is 0. The van der Waals surface area contributed by atoms with Crippen LogP contribution >= 0.6 is 0 Å². The van der Waals surface area contributed by atoms with E-state index < -0.39 is 21.9 Å². The topological polar surface area (TPSA) is 83.9 Å². The van der Waals surface area contributed by atoms with Gasteiger partial charge in [-0.15, -0.1) is 0 Å². The number of carboxylic acid groups (broad SMARTS) is 1. The first-order valence-electron chi connectivity index (χ1n) is 6.85. The summed E-state index contributed by atoms with van der Waals surface area (Å²) in [7, 11) is -3.69. The fourth-order valence-corrected chi connectivity index (χ4v) is 3.84. The fourth-order valence-electron chi connectivity index (χ4n) is 2.25. The van der Waals surface area contributed by atoms with Crippen LogP contribution in [0.3, 0.4) is 0 Å². The summed E-state index contributed by atoms with van der Waals surface area (Å²) < 4.78 is 31.8. The van der Waals surface area contributed by atoms with Gasteiger partial charge in [0.15, 0.2) is 0 Å². The number of ether oxygens (including phenoxy) is 1. The Morgan fingerprint density at radius 1 is 1.48 bits per heavy atom. The third kappa shape index (κ3) is 3.19. The number of fused-ring (bicyclic) bond motifs is 1. The van der Waals surface area contributed by atoms with Crippen molar-refractivity contribution < 1.29 is 23.1 Å². The van der Waals surface area contributed by atoms with E-state index in [1.54, 1.807) is 19.1 Å². The van der Waals surface area contributed by atoms with Gasteiger partial charge in [-0.05, 0) is 23.8 Å². The van der Waals surface area contributed by atoms with Crippen LogP contribution in [0.25, 0.3) is 0 Å². The van der Waals surface area contributed by atoms with Crippen LogP contribution < -0.4 is 4.74 Å². The quantitative estimate of drug-likeness (QED) is 0.857. The second-order valence-electron chi connectivity index (χ2n) is 5.06. The predicted octanol–water partition coefficient (Wildman–Crippen LogP) is 1.35. The molecule has 1 atom stereocenters. The summed E-state index contributed by atoms with van der Waals surface area (Å²) in [4.78, 5) is 11.1. The molecule has 21 heavy (non-hydrogen) atoms. The van der Waals surface area contributed by atoms with Gasteiger partial charge in [0, 0.05) is 19.5 Å². The molecule has 1 aliphatic heterocycles. The minimum atomic E-state index is -3.69. The fraction of sp³-hybridized carbons (Fsp3) is 0.500. The van der Waals surface area contributed by atoms with Crippen LogP contribution in [0, 0.1) is 5.92 Å². The Balaban J connectivity index is 2.29. The number of rotatable bonds is 6. The second-order valence-corrected chi connectivity index (χ2v) is 7.00. The monoisotopic (exact) mass is 313 g/mol. The number of carbonyl (C=O) groups is 1. The minimum Gasteiger partial charge on any atom is -0.493 e. The van der Waals surface area contributed by atoms with Gasteiger partial charge in [0.1, 0.15) is 5.75 Å². The number of hydrogen-bond donors (Lipinski definition) is 1. The summed E-state index contributed by atoms with van der Waals surface area (Å²) in [6.45, 7) is 3.95. The molecule has 1 N–H and O–H groups in total. The van der Waals surface area contributed by atoms with E-state index in [0.29, 0.717) is 13.0 Å². The van der Waals surface area contributed by atoms with Crippen molar-refractivity contribution in [3.63, 3.8) is 0 Å². The number of aliphatic carboxylic acids is 1. The minimum absolute atomic E-state index is 0.0399. The molecule has 0 aromatic heterocycles. The standard InChI is InChI=1S/C14H19NO5S/c1-3-15(9-10(2)14(16)17)21(18,19)12-4-5-13-11(8-12)6-7-20-13/h4-5,8,10H,3,6-7,9H2,1-2H3,(H,16,17). The van der Waals surface area contributed by atoms with Crippen molar-refractivity contribution in [1.82, 2.24) is 4.31 Å². The Bertz CT molecular complexity index is 641. The Hall–Kier alpha value is -1.60. The number of nitrogens with zero attached hydrogens (tertiary/aromatic N) is 1. The zero-order valence-electron chi connectivity index (χ0n) is 12.1. The largest absolute Gasteiger partial charge is 0.493 e. The van der Waals surface area contributed by atoms with Gasteiger partial charge >= 0.3 is 5.97 Å². The van der Waals surface area contributed by atoms with E-state index in [4.69, 9.17) is 9.84 Å². The third-order valence-electron chi connectivity index (χ3n) is 3.55. The van der Waals surface area contributed by atoms with Gasteiger partial charge in [-0.2, -0.15) is 4.31 Å². The summed E-state index contributed by atoms with van der Waals surface area (Å²) in [6.07, 6.45) is 0.691. The van der Waals surface area contributed by atoms with E-state index in [1.807, 2.05) is 0 Å². The van der Waals surface area contributed by atoms with Crippen LogP contribution in [0.2, 0.25) is 0 Å². The van der Waals surface area contributed by atoms with Crippen LogP contribution in [-0.2, 0) is 21.2 Å². The van der Waals surface area contributed by atoms with Gasteiger partial charge in [0.05, 0.1) is 17.4 Å². The average Bonchev–Trinajstić information content (AvgIpc) is 2.91. The molecule has 0 saturated heterocycles. The molecule has 2 rings (SSSR count). The molecule has 0 fully saturated rings. The maximum atomic E-state index is 12.6. The van der Waals surface area contributed by atoms with Crippen molar-refractivity contribution in [2.75, 3.05) is 19.7 Å². The van der Waals surface area contributed by atoms with E-state index >= 15 is 0 Å². The van der Waals surface area contributed by atoms with Crippen molar-refractivity contribution in [3.8, 4) is 5.75 Å². The van der Waals surface area contributed by atoms with Crippen molar-refractivity contribution in [1.29, 1.82) is 0 Å². The van der Waals surface area contributed by atoms with Gasteiger partial charge in [0.2, 0.25) is 10.0 Å². The van der Waals surface area contributed by atoms with Crippen LogP contribution in [0.4, 0.5) is 0 Å². The lowest BCUT2D eigenvalue weighted by atomic mass is 10.2. The SMILES string of the molecule is CCN(CC(C)C(=O)O)S(=O)(=O)c1ccc2c(c1)CCO2. The predicted molar refractivity (Wildman–Crippen MR) is 76.9 cm³/mol. The van der Waals surface area contributed by atoms with Gasteiger partial charge in [-0.25, -0.2) is 8.42 Å². The lowest BCUT2D eigenvalue weighted by Crippen LogP contribution is -2.36. The Kier molecular flexibility index (Phi) is 4.53. The highest BCUT2D eigenvalue weighted by Crippen LogP contribution is 2.29. The molecule has 0 aliphatic carbocycles. The van der Waals surface area contributed by atoms with Crippen molar-refractivity contribution in [2.45, 2.75) is 25.2 Å². The van der Waals surface area contributed by atoms with Gasteiger partial charge < -0.3 is 9.84 Å². The van der Waals surface area contributed by atoms with Crippen molar-refractivity contribution >= 4 is 16.0 Å². The van der Waals surface area contributed by atoms with Crippen LogP contribution in [-0.4, -0.2) is 43.5 Å². The van der Waals surface area contributed by atoms with E-state index in [-0.39, 0.29) is 18.0 Å². The molecule has 1 aliphatic rings. The van der Waals surface area contributed by atoms with Crippen LogP contribution in [0.5, 0.6) is 5.75 Å². The van der Waals surface area contributed by atoms with E-state index in [1.165, 1.54) is 17.3 Å². The van der Waals surface area contributed by atoms with Gasteiger partial charge in [0.25, 0.3) is 0 Å². The summed E-state index contributed by atoms with van der Waals surface area (Å²) in [5, 5.41) is 8.95. The number of benzene rings is 1. The highest BCUT2D eigenvalue weighted by molar-refractivity contribution is 7.89. The molecule has 0 amide bonds. The average molecular weight is 313 g/mol. The molecule has 0 radical (unpaired) electrons. The molecule has 116 valence electrons. The number of hydrogen-bond acceptors (Lipinski definition) is 4. The molecule has 1 aromatic rings. The molecule has 0 saturated carbocycles. The molecule has 1 heterocycles. The third-order valence-corrected chi connectivity index (χ3v) is 5.49. The molecular weight excluding hydrogens is 294 g/mol. The normalized spacial score (nSPS) is 15.6. The molecule has 7 heteroatoms. The molecule has 0 bridgehead atoms. The van der Waals surface area contributed by atoms with E-state index in [0.717, 1.165) is 11.3 Å². The van der Waals surface area contributed by atoms with Gasteiger partial charge in [-0.3, -0.25) is 4.79 Å². The van der Waals surface area contributed by atoms with Crippen molar-refractivity contribution in [3.05, 3.63) is 23.8 Å². The summed E-state index contributed by atoms with van der Waals surface area (Å²) in [6, 6.07) is 4.78. The van der Waals surface area contributed by atoms with Crippen LogP contribution in [0.15, 0.2) is 23.1 Å². The van der Waals surface area contributed by atoms with Crippen LogP contribution in [0.1, 0.15) is 19.4 Å². The maximum absolute atomic E-state index is 12.6. The molecule has 6 nitrogen and oxygen atoms in total. The van der Waals surface area contributed by atoms with Crippen molar-refractivity contribution in [2.24, 2.45) is 5.92 Å². The first kappa shape index (κ1) is 15.8. The molecule has 0 spiro atoms. The lowest BCUT2D eigenvalue weighted by Gasteiger charge is -2.22. The molecular formula is C14H19NO5S. The Morgan fingerprint density at radius 2 is 2.19 bits per heavy atom. The number of carboxylic acids is 1. The van der Waals surface area contributed by atoms with Gasteiger partial charge in [-0.1, -0.05) is 13.8 Å². The zero-order valence-corrected chi connectivity index (χ0v) is 12.9. The zero-order chi connectivity index (χ0) is 15.6. The smallest absolute Gasteiger partial charge is 0.307 e. The highest BCUT2D eigenvalue weighted by atomic mass is 32.2. The Morgan fingerprint density at radius 3 is 2.81 bits per heavy atom. The lowest BCUT2D eigenvalue weighted by molar-refractivity contribution is -0.141. The number of sulfonamides is 1. The van der Waals surface area contributed by atoms with E-state index in [9.17, 15) is 13.2 Å². The summed E-state index contributed by atoms with van der Waals surface area (Å²) in [5.41, 5.74) is 0.874. The molecule has 1 aromatic carbocycles.